The molecule has 0 bridgehead atoms. The van der Waals surface area contributed by atoms with E-state index < -0.39 is 11.9 Å². The van der Waals surface area contributed by atoms with Gasteiger partial charge in [-0.25, -0.2) is 9.97 Å². The number of carbonyl (C=O) groups excluding carboxylic acids is 2. The smallest absolute Gasteiger partial charge is 0.315 e. The Balaban J connectivity index is 2.74. The fourth-order valence-electron chi connectivity index (χ4n) is 1.21. The summed E-state index contributed by atoms with van der Waals surface area (Å²) in [4.78, 5) is 30.5. The third kappa shape index (κ3) is 4.12. The minimum atomic E-state index is -0.598. The van der Waals surface area contributed by atoms with Crippen LogP contribution < -0.4 is 5.32 Å². The SMILES string of the molecule is COC(=O)CC(=O)Nc1nccc(C(C)(C)C)n1. The Kier molecular flexibility index (Phi) is 4.36. The van der Waals surface area contributed by atoms with Gasteiger partial charge < -0.3 is 4.74 Å². The van der Waals surface area contributed by atoms with Crippen LogP contribution in [0.15, 0.2) is 12.3 Å². The first-order valence-electron chi connectivity index (χ1n) is 5.53. The highest BCUT2D eigenvalue weighted by Gasteiger charge is 2.17. The van der Waals surface area contributed by atoms with Crippen LogP contribution in [0.25, 0.3) is 0 Å². The van der Waals surface area contributed by atoms with Gasteiger partial charge in [0.2, 0.25) is 11.9 Å². The number of hydrogen-bond acceptors (Lipinski definition) is 5. The zero-order valence-corrected chi connectivity index (χ0v) is 11.0. The fraction of sp³-hybridized carbons (Fsp3) is 0.500. The van der Waals surface area contributed by atoms with Crippen molar-refractivity contribution in [3.05, 3.63) is 18.0 Å². The van der Waals surface area contributed by atoms with Crippen molar-refractivity contribution < 1.29 is 14.3 Å². The predicted octanol–water partition coefficient (Wildman–Crippen LogP) is 1.28. The first-order chi connectivity index (χ1) is 8.32. The number of esters is 1. The molecule has 0 unspecified atom stereocenters. The molecule has 1 aromatic rings. The van der Waals surface area contributed by atoms with Crippen molar-refractivity contribution in [2.75, 3.05) is 12.4 Å². The summed E-state index contributed by atoms with van der Waals surface area (Å²) in [6, 6.07) is 1.79. The minimum Gasteiger partial charge on any atom is -0.469 e. The Morgan fingerprint density at radius 2 is 2.06 bits per heavy atom. The van der Waals surface area contributed by atoms with Crippen molar-refractivity contribution in [1.29, 1.82) is 0 Å². The Morgan fingerprint density at radius 1 is 1.39 bits per heavy atom. The lowest BCUT2D eigenvalue weighted by atomic mass is 9.92. The van der Waals surface area contributed by atoms with Gasteiger partial charge in [-0.05, 0) is 6.07 Å². The second kappa shape index (κ2) is 5.57. The number of anilines is 1. The standard InChI is InChI=1S/C12H17N3O3/c1-12(2,3)8-5-6-13-11(14-8)15-9(16)7-10(17)18-4/h5-6H,7H2,1-4H3,(H,13,14,15,16). The van der Waals surface area contributed by atoms with Crippen LogP contribution in [-0.2, 0) is 19.7 Å². The molecule has 0 radical (unpaired) electrons. The van der Waals surface area contributed by atoms with Crippen molar-refractivity contribution in [3.8, 4) is 0 Å². The molecule has 0 atom stereocenters. The lowest BCUT2D eigenvalue weighted by Gasteiger charge is -2.17. The van der Waals surface area contributed by atoms with E-state index in [0.717, 1.165) is 5.69 Å². The van der Waals surface area contributed by atoms with E-state index in [1.54, 1.807) is 12.3 Å². The molecule has 6 nitrogen and oxygen atoms in total. The Morgan fingerprint density at radius 3 is 2.61 bits per heavy atom. The minimum absolute atomic E-state index is 0.134. The number of nitrogens with one attached hydrogen (secondary N) is 1. The van der Waals surface area contributed by atoms with E-state index in [1.165, 1.54) is 7.11 Å². The van der Waals surface area contributed by atoms with Crippen molar-refractivity contribution in [3.63, 3.8) is 0 Å². The third-order valence-electron chi connectivity index (χ3n) is 2.21. The fourth-order valence-corrected chi connectivity index (χ4v) is 1.21. The van der Waals surface area contributed by atoms with Gasteiger partial charge in [0.1, 0.15) is 6.42 Å². The van der Waals surface area contributed by atoms with E-state index >= 15 is 0 Å². The highest BCUT2D eigenvalue weighted by molar-refractivity contribution is 6.00. The average Bonchev–Trinajstić information content (AvgIpc) is 2.27. The quantitative estimate of drug-likeness (QED) is 0.646. The summed E-state index contributed by atoms with van der Waals surface area (Å²) >= 11 is 0. The van der Waals surface area contributed by atoms with Gasteiger partial charge in [-0.15, -0.1) is 0 Å². The molecule has 1 rings (SSSR count). The van der Waals surface area contributed by atoms with E-state index in [0.29, 0.717) is 0 Å². The van der Waals surface area contributed by atoms with Gasteiger partial charge in [0.15, 0.2) is 0 Å². The highest BCUT2D eigenvalue weighted by atomic mass is 16.5. The maximum Gasteiger partial charge on any atom is 0.315 e. The van der Waals surface area contributed by atoms with Crippen LogP contribution >= 0.6 is 0 Å². The lowest BCUT2D eigenvalue weighted by Crippen LogP contribution is -2.20. The number of nitrogens with zero attached hydrogens (tertiary/aromatic N) is 2. The molecular formula is C12H17N3O3. The van der Waals surface area contributed by atoms with Crippen LogP contribution in [0.4, 0.5) is 5.95 Å². The second-order valence-electron chi connectivity index (χ2n) is 4.82. The van der Waals surface area contributed by atoms with Crippen LogP contribution in [0.5, 0.6) is 0 Å². The van der Waals surface area contributed by atoms with Crippen LogP contribution in [0.3, 0.4) is 0 Å². The third-order valence-corrected chi connectivity index (χ3v) is 2.21. The molecule has 0 saturated carbocycles. The summed E-state index contributed by atoms with van der Waals surface area (Å²) < 4.78 is 4.40. The molecule has 0 fully saturated rings. The topological polar surface area (TPSA) is 81.2 Å². The largest absolute Gasteiger partial charge is 0.469 e. The molecule has 0 saturated heterocycles. The summed E-state index contributed by atoms with van der Waals surface area (Å²) in [5.41, 5.74) is 0.677. The molecule has 0 aromatic carbocycles. The van der Waals surface area contributed by atoms with Gasteiger partial charge in [-0.3, -0.25) is 14.9 Å². The summed E-state index contributed by atoms with van der Waals surface area (Å²) in [6.45, 7) is 6.03. The van der Waals surface area contributed by atoms with Crippen LogP contribution in [0.1, 0.15) is 32.9 Å². The molecule has 0 aliphatic rings. The maximum atomic E-state index is 11.5. The van der Waals surface area contributed by atoms with E-state index in [9.17, 15) is 9.59 Å². The Labute approximate surface area is 106 Å². The van der Waals surface area contributed by atoms with Gasteiger partial charge in [-0.2, -0.15) is 0 Å². The molecule has 0 aliphatic carbocycles. The van der Waals surface area contributed by atoms with E-state index in [4.69, 9.17) is 0 Å². The zero-order valence-electron chi connectivity index (χ0n) is 11.0. The second-order valence-corrected chi connectivity index (χ2v) is 4.82. The maximum absolute atomic E-state index is 11.5. The van der Waals surface area contributed by atoms with Crippen LogP contribution in [0, 0.1) is 0 Å². The zero-order chi connectivity index (χ0) is 13.8. The molecule has 0 aliphatic heterocycles. The summed E-state index contributed by atoms with van der Waals surface area (Å²) in [6.07, 6.45) is 1.22. The number of methoxy groups -OCH3 is 1. The Hall–Kier alpha value is -1.98. The molecule has 1 amide bonds. The predicted molar refractivity (Wildman–Crippen MR) is 66.0 cm³/mol. The van der Waals surface area contributed by atoms with E-state index in [2.05, 4.69) is 20.0 Å². The molecule has 1 heterocycles. The van der Waals surface area contributed by atoms with Crippen molar-refractivity contribution in [2.45, 2.75) is 32.6 Å². The number of rotatable bonds is 3. The summed E-state index contributed by atoms with van der Waals surface area (Å²) in [5.74, 6) is -0.899. The summed E-state index contributed by atoms with van der Waals surface area (Å²) in [5, 5.41) is 2.46. The van der Waals surface area contributed by atoms with Crippen molar-refractivity contribution in [2.24, 2.45) is 0 Å². The molecule has 0 spiro atoms. The number of amides is 1. The van der Waals surface area contributed by atoms with Crippen molar-refractivity contribution >= 4 is 17.8 Å². The molecule has 98 valence electrons. The normalized spacial score (nSPS) is 10.9. The lowest BCUT2D eigenvalue weighted by molar-refractivity contribution is -0.142. The number of ether oxygens (including phenoxy) is 1. The monoisotopic (exact) mass is 251 g/mol. The van der Waals surface area contributed by atoms with Crippen LogP contribution in [0.2, 0.25) is 0 Å². The average molecular weight is 251 g/mol. The Bertz CT molecular complexity index is 452. The first-order valence-corrected chi connectivity index (χ1v) is 5.53. The first kappa shape index (κ1) is 14.1. The molecule has 1 N–H and O–H groups in total. The molecular weight excluding hydrogens is 234 g/mol. The highest BCUT2D eigenvalue weighted by Crippen LogP contribution is 2.20. The van der Waals surface area contributed by atoms with E-state index in [-0.39, 0.29) is 17.8 Å². The number of hydrogen-bond donors (Lipinski definition) is 1. The molecule has 1 aromatic heterocycles. The molecule has 18 heavy (non-hydrogen) atoms. The van der Waals surface area contributed by atoms with Gasteiger partial charge in [0.05, 0.1) is 12.8 Å². The van der Waals surface area contributed by atoms with Crippen LogP contribution in [-0.4, -0.2) is 29.0 Å². The molecule has 6 heteroatoms. The van der Waals surface area contributed by atoms with Gasteiger partial charge in [0.25, 0.3) is 0 Å². The van der Waals surface area contributed by atoms with Gasteiger partial charge >= 0.3 is 5.97 Å². The van der Waals surface area contributed by atoms with Gasteiger partial charge in [-0.1, -0.05) is 20.8 Å². The summed E-state index contributed by atoms with van der Waals surface area (Å²) in [7, 11) is 1.23. The number of aromatic nitrogens is 2. The van der Waals surface area contributed by atoms with Gasteiger partial charge in [0, 0.05) is 11.6 Å². The number of carbonyl (C=O) groups is 2. The van der Waals surface area contributed by atoms with E-state index in [1.807, 2.05) is 20.8 Å². The van der Waals surface area contributed by atoms with Crippen molar-refractivity contribution in [1.82, 2.24) is 9.97 Å².